The molecular formula is C11H16N4S. The third-order valence-corrected chi connectivity index (χ3v) is 3.74. The normalized spacial score (nSPS) is 19.1. The summed E-state index contributed by atoms with van der Waals surface area (Å²) in [5, 5.41) is 13.3. The minimum Gasteiger partial charge on any atom is -0.263 e. The highest BCUT2D eigenvalue weighted by Crippen LogP contribution is 2.36. The molecule has 1 aromatic heterocycles. The smallest absolute Gasteiger partial charge is 0.103 e. The molecule has 1 aliphatic rings. The highest BCUT2D eigenvalue weighted by atomic mass is 32.2. The third kappa shape index (κ3) is 1.95. The Morgan fingerprint density at radius 2 is 2.38 bits per heavy atom. The highest BCUT2D eigenvalue weighted by molar-refractivity contribution is 7.97. The van der Waals surface area contributed by atoms with E-state index in [4.69, 9.17) is 5.26 Å². The van der Waals surface area contributed by atoms with Crippen molar-refractivity contribution in [1.29, 1.82) is 5.26 Å². The molecule has 1 saturated heterocycles. The monoisotopic (exact) mass is 236 g/mol. The van der Waals surface area contributed by atoms with Crippen LogP contribution < -0.4 is 0 Å². The topological polar surface area (TPSA) is 44.9 Å². The first kappa shape index (κ1) is 11.5. The molecule has 1 aliphatic heterocycles. The molecular weight excluding hydrogens is 220 g/mol. The fraction of sp³-hybridized carbons (Fsp3) is 0.636. The SMILES string of the molecule is CCSN1CC(CC#N)(n2cc(C)cn2)C1. The largest absolute Gasteiger partial charge is 0.263 e. The van der Waals surface area contributed by atoms with Gasteiger partial charge in [-0.25, -0.2) is 4.31 Å². The van der Waals surface area contributed by atoms with E-state index in [1.54, 1.807) is 0 Å². The van der Waals surface area contributed by atoms with Crippen molar-refractivity contribution in [1.82, 2.24) is 14.1 Å². The zero-order valence-electron chi connectivity index (χ0n) is 9.68. The Morgan fingerprint density at radius 3 is 2.88 bits per heavy atom. The molecule has 0 N–H and O–H groups in total. The summed E-state index contributed by atoms with van der Waals surface area (Å²) in [6, 6.07) is 2.28. The molecule has 0 bridgehead atoms. The molecule has 1 fully saturated rings. The Kier molecular flexibility index (Phi) is 3.22. The van der Waals surface area contributed by atoms with Gasteiger partial charge in [0.15, 0.2) is 0 Å². The van der Waals surface area contributed by atoms with E-state index >= 15 is 0 Å². The molecule has 0 unspecified atom stereocenters. The van der Waals surface area contributed by atoms with E-state index in [2.05, 4.69) is 22.4 Å². The zero-order valence-corrected chi connectivity index (χ0v) is 10.5. The molecule has 0 spiro atoms. The quantitative estimate of drug-likeness (QED) is 0.748. The van der Waals surface area contributed by atoms with Crippen LogP contribution in [0.15, 0.2) is 12.4 Å². The molecule has 0 atom stereocenters. The van der Waals surface area contributed by atoms with E-state index < -0.39 is 0 Å². The van der Waals surface area contributed by atoms with Crippen LogP contribution in [0.1, 0.15) is 18.9 Å². The number of hydrogen-bond donors (Lipinski definition) is 0. The number of nitriles is 1. The average molecular weight is 236 g/mol. The fourth-order valence-corrected chi connectivity index (χ4v) is 3.07. The van der Waals surface area contributed by atoms with Crippen LogP contribution in [-0.2, 0) is 5.54 Å². The Hall–Kier alpha value is -0.990. The second kappa shape index (κ2) is 4.48. The lowest BCUT2D eigenvalue weighted by atomic mass is 9.89. The maximum atomic E-state index is 8.93. The maximum Gasteiger partial charge on any atom is 0.103 e. The van der Waals surface area contributed by atoms with Gasteiger partial charge in [0.25, 0.3) is 0 Å². The predicted octanol–water partition coefficient (Wildman–Crippen LogP) is 1.78. The van der Waals surface area contributed by atoms with Gasteiger partial charge in [0.1, 0.15) is 5.54 Å². The van der Waals surface area contributed by atoms with E-state index in [1.165, 1.54) is 0 Å². The standard InChI is InChI=1S/C11H16N4S/c1-3-16-14-8-11(9-14,4-5-12)15-7-10(2)6-13-15/h6-7H,3-4,8-9H2,1-2H3. The number of aryl methyl sites for hydroxylation is 1. The molecule has 1 aromatic rings. The Balaban J connectivity index is 2.11. The second-order valence-electron chi connectivity index (χ2n) is 4.24. The van der Waals surface area contributed by atoms with E-state index in [0.717, 1.165) is 24.4 Å². The summed E-state index contributed by atoms with van der Waals surface area (Å²) in [5.74, 6) is 1.08. The van der Waals surface area contributed by atoms with Gasteiger partial charge in [-0.2, -0.15) is 10.4 Å². The van der Waals surface area contributed by atoms with Gasteiger partial charge in [0.2, 0.25) is 0 Å². The van der Waals surface area contributed by atoms with Crippen molar-refractivity contribution >= 4 is 11.9 Å². The van der Waals surface area contributed by atoms with E-state index in [1.807, 2.05) is 35.9 Å². The van der Waals surface area contributed by atoms with Crippen LogP contribution in [-0.4, -0.2) is 32.9 Å². The highest BCUT2D eigenvalue weighted by Gasteiger charge is 2.45. The fourth-order valence-electron chi connectivity index (χ4n) is 2.04. The lowest BCUT2D eigenvalue weighted by Crippen LogP contribution is -2.60. The van der Waals surface area contributed by atoms with Crippen molar-refractivity contribution in [3.05, 3.63) is 18.0 Å². The first-order valence-corrected chi connectivity index (χ1v) is 6.41. The van der Waals surface area contributed by atoms with Crippen LogP contribution in [0.3, 0.4) is 0 Å². The first-order valence-electron chi connectivity index (χ1n) is 5.47. The summed E-state index contributed by atoms with van der Waals surface area (Å²) in [6.07, 6.45) is 4.43. The van der Waals surface area contributed by atoms with Crippen LogP contribution in [0.5, 0.6) is 0 Å². The molecule has 0 aliphatic carbocycles. The predicted molar refractivity (Wildman–Crippen MR) is 64.9 cm³/mol. The van der Waals surface area contributed by atoms with Gasteiger partial charge >= 0.3 is 0 Å². The number of aromatic nitrogens is 2. The van der Waals surface area contributed by atoms with E-state index in [-0.39, 0.29) is 5.54 Å². The van der Waals surface area contributed by atoms with Crippen molar-refractivity contribution in [3.63, 3.8) is 0 Å². The Labute approximate surface area is 100 Å². The minimum absolute atomic E-state index is 0.0921. The van der Waals surface area contributed by atoms with Crippen molar-refractivity contribution in [2.24, 2.45) is 0 Å². The van der Waals surface area contributed by atoms with Crippen molar-refractivity contribution in [3.8, 4) is 6.07 Å². The third-order valence-electron chi connectivity index (χ3n) is 2.86. The van der Waals surface area contributed by atoms with Crippen LogP contribution in [0, 0.1) is 18.3 Å². The maximum absolute atomic E-state index is 8.93. The number of rotatable bonds is 4. The Morgan fingerprint density at radius 1 is 1.62 bits per heavy atom. The van der Waals surface area contributed by atoms with Gasteiger partial charge in [0, 0.05) is 25.0 Å². The van der Waals surface area contributed by atoms with Gasteiger partial charge in [-0.15, -0.1) is 0 Å². The zero-order chi connectivity index (χ0) is 11.6. The molecule has 4 nitrogen and oxygen atoms in total. The van der Waals surface area contributed by atoms with Gasteiger partial charge < -0.3 is 0 Å². The molecule has 0 radical (unpaired) electrons. The minimum atomic E-state index is -0.0921. The second-order valence-corrected chi connectivity index (χ2v) is 5.59. The summed E-state index contributed by atoms with van der Waals surface area (Å²) in [7, 11) is 0. The number of hydrogen-bond acceptors (Lipinski definition) is 4. The summed E-state index contributed by atoms with van der Waals surface area (Å²) in [5.41, 5.74) is 1.06. The van der Waals surface area contributed by atoms with Gasteiger partial charge in [-0.3, -0.25) is 4.68 Å². The van der Waals surface area contributed by atoms with Gasteiger partial charge in [-0.1, -0.05) is 18.9 Å². The van der Waals surface area contributed by atoms with Crippen LogP contribution >= 0.6 is 11.9 Å². The molecule has 2 rings (SSSR count). The van der Waals surface area contributed by atoms with Crippen molar-refractivity contribution < 1.29 is 0 Å². The molecule has 5 heteroatoms. The van der Waals surface area contributed by atoms with Crippen LogP contribution in [0.2, 0.25) is 0 Å². The molecule has 2 heterocycles. The van der Waals surface area contributed by atoms with Gasteiger partial charge in [0.05, 0.1) is 18.7 Å². The summed E-state index contributed by atoms with van der Waals surface area (Å²) in [6.45, 7) is 6.01. The Bertz CT molecular complexity index is 400. The molecule has 0 amide bonds. The van der Waals surface area contributed by atoms with Gasteiger partial charge in [-0.05, 0) is 12.5 Å². The molecule has 0 saturated carbocycles. The van der Waals surface area contributed by atoms with Crippen LogP contribution in [0.4, 0.5) is 0 Å². The van der Waals surface area contributed by atoms with Crippen LogP contribution in [0.25, 0.3) is 0 Å². The summed E-state index contributed by atoms with van der Waals surface area (Å²) >= 11 is 1.83. The molecule has 16 heavy (non-hydrogen) atoms. The summed E-state index contributed by atoms with van der Waals surface area (Å²) in [4.78, 5) is 0. The average Bonchev–Trinajstić information content (AvgIpc) is 2.62. The van der Waals surface area contributed by atoms with Crippen molar-refractivity contribution in [2.45, 2.75) is 25.8 Å². The number of nitrogens with zero attached hydrogens (tertiary/aromatic N) is 4. The summed E-state index contributed by atoms with van der Waals surface area (Å²) < 4.78 is 4.27. The van der Waals surface area contributed by atoms with Crippen molar-refractivity contribution in [2.75, 3.05) is 18.8 Å². The van der Waals surface area contributed by atoms with E-state index in [9.17, 15) is 0 Å². The molecule has 0 aromatic carbocycles. The lowest BCUT2D eigenvalue weighted by molar-refractivity contribution is 0.0811. The molecule has 86 valence electrons. The first-order chi connectivity index (χ1) is 7.70. The van der Waals surface area contributed by atoms with E-state index in [0.29, 0.717) is 6.42 Å². The lowest BCUT2D eigenvalue weighted by Gasteiger charge is -2.48.